The molecule has 0 spiro atoms. The van der Waals surface area contributed by atoms with Crippen LogP contribution in [0.15, 0.2) is 54.9 Å². The highest BCUT2D eigenvalue weighted by atomic mass is 16.5. The van der Waals surface area contributed by atoms with E-state index < -0.39 is 0 Å². The van der Waals surface area contributed by atoms with Gasteiger partial charge in [-0.25, -0.2) is 0 Å². The fourth-order valence-electron chi connectivity index (χ4n) is 1.69. The van der Waals surface area contributed by atoms with E-state index in [1.54, 1.807) is 36.7 Å². The van der Waals surface area contributed by atoms with Gasteiger partial charge in [0.05, 0.1) is 12.2 Å². The summed E-state index contributed by atoms with van der Waals surface area (Å²) in [6.45, 7) is 2.44. The van der Waals surface area contributed by atoms with Gasteiger partial charge in [0.1, 0.15) is 5.75 Å². The molecule has 19 heavy (non-hydrogen) atoms. The van der Waals surface area contributed by atoms with Crippen molar-refractivity contribution in [1.29, 1.82) is 0 Å². The van der Waals surface area contributed by atoms with Crippen LogP contribution in [0.4, 0.5) is 0 Å². The smallest absolute Gasteiger partial charge is 0.189 e. The maximum atomic E-state index is 12.1. The summed E-state index contributed by atoms with van der Waals surface area (Å²) in [6, 6.07) is 10.9. The molecule has 0 aliphatic carbocycles. The Labute approximate surface area is 112 Å². The topological polar surface area (TPSA) is 39.2 Å². The lowest BCUT2D eigenvalue weighted by Crippen LogP contribution is -2.01. The monoisotopic (exact) mass is 253 g/mol. The zero-order valence-electron chi connectivity index (χ0n) is 10.7. The van der Waals surface area contributed by atoms with Gasteiger partial charge in [-0.2, -0.15) is 0 Å². The van der Waals surface area contributed by atoms with E-state index in [0.29, 0.717) is 17.9 Å². The maximum Gasteiger partial charge on any atom is 0.189 e. The van der Waals surface area contributed by atoms with Crippen LogP contribution < -0.4 is 4.74 Å². The summed E-state index contributed by atoms with van der Waals surface area (Å²) in [4.78, 5) is 16.1. The van der Waals surface area contributed by atoms with Crippen LogP contribution in [0.2, 0.25) is 0 Å². The largest absolute Gasteiger partial charge is 0.493 e. The summed E-state index contributed by atoms with van der Waals surface area (Å²) in [7, 11) is 0. The Hall–Kier alpha value is -2.42. The highest BCUT2D eigenvalue weighted by molar-refractivity contribution is 6.08. The minimum Gasteiger partial charge on any atom is -0.493 e. The molecular formula is C16H15NO2. The van der Waals surface area contributed by atoms with Gasteiger partial charge in [-0.05, 0) is 42.8 Å². The third-order valence-corrected chi connectivity index (χ3v) is 2.59. The van der Waals surface area contributed by atoms with Crippen LogP contribution in [0.3, 0.4) is 0 Å². The third kappa shape index (κ3) is 3.52. The molecule has 0 aliphatic rings. The lowest BCUT2D eigenvalue weighted by Gasteiger charge is -2.06. The van der Waals surface area contributed by atoms with Crippen molar-refractivity contribution >= 4 is 11.9 Å². The van der Waals surface area contributed by atoms with E-state index in [1.807, 2.05) is 31.2 Å². The van der Waals surface area contributed by atoms with Crippen LogP contribution in [-0.4, -0.2) is 17.4 Å². The first-order chi connectivity index (χ1) is 9.31. The first-order valence-corrected chi connectivity index (χ1v) is 6.15. The van der Waals surface area contributed by atoms with Crippen molar-refractivity contribution in [2.45, 2.75) is 6.92 Å². The van der Waals surface area contributed by atoms with Crippen molar-refractivity contribution in [3.05, 3.63) is 66.0 Å². The van der Waals surface area contributed by atoms with E-state index in [0.717, 1.165) is 5.56 Å². The van der Waals surface area contributed by atoms with Gasteiger partial charge < -0.3 is 4.74 Å². The molecule has 0 bridgehead atoms. The molecule has 0 aliphatic heterocycles. The van der Waals surface area contributed by atoms with E-state index in [-0.39, 0.29) is 5.78 Å². The zero-order chi connectivity index (χ0) is 13.5. The number of carbonyl (C=O) groups excluding carboxylic acids is 1. The SMILES string of the molecule is CCOc1ccccc1C(=O)/C=C/c1ccncc1. The predicted molar refractivity (Wildman–Crippen MR) is 75.2 cm³/mol. The highest BCUT2D eigenvalue weighted by Crippen LogP contribution is 2.19. The summed E-state index contributed by atoms with van der Waals surface area (Å²) in [5, 5.41) is 0. The van der Waals surface area contributed by atoms with Gasteiger partial charge in [-0.1, -0.05) is 18.2 Å². The Morgan fingerprint density at radius 1 is 1.21 bits per heavy atom. The normalized spacial score (nSPS) is 10.6. The Kier molecular flexibility index (Phi) is 4.45. The van der Waals surface area contributed by atoms with Gasteiger partial charge in [-0.15, -0.1) is 0 Å². The second-order valence-electron chi connectivity index (χ2n) is 3.91. The van der Waals surface area contributed by atoms with Crippen molar-refractivity contribution in [3.8, 4) is 5.75 Å². The first kappa shape index (κ1) is 13.0. The van der Waals surface area contributed by atoms with Crippen LogP contribution in [-0.2, 0) is 0 Å². The van der Waals surface area contributed by atoms with E-state index in [9.17, 15) is 4.79 Å². The Balaban J connectivity index is 2.18. The molecule has 0 atom stereocenters. The van der Waals surface area contributed by atoms with E-state index in [4.69, 9.17) is 4.74 Å². The Morgan fingerprint density at radius 3 is 2.68 bits per heavy atom. The van der Waals surface area contributed by atoms with E-state index in [2.05, 4.69) is 4.98 Å². The number of ether oxygens (including phenoxy) is 1. The molecule has 1 aromatic heterocycles. The summed E-state index contributed by atoms with van der Waals surface area (Å²) < 4.78 is 5.45. The van der Waals surface area contributed by atoms with E-state index in [1.165, 1.54) is 0 Å². The number of allylic oxidation sites excluding steroid dienone is 1. The fraction of sp³-hybridized carbons (Fsp3) is 0.125. The number of carbonyl (C=O) groups is 1. The first-order valence-electron chi connectivity index (χ1n) is 6.15. The van der Waals surface area contributed by atoms with Gasteiger partial charge in [-0.3, -0.25) is 9.78 Å². The molecule has 1 heterocycles. The lowest BCUT2D eigenvalue weighted by atomic mass is 10.1. The number of nitrogens with zero attached hydrogens (tertiary/aromatic N) is 1. The van der Waals surface area contributed by atoms with Gasteiger partial charge in [0.25, 0.3) is 0 Å². The standard InChI is InChI=1S/C16H15NO2/c1-2-19-16-6-4-3-5-14(16)15(18)8-7-13-9-11-17-12-10-13/h3-12H,2H2,1H3/b8-7+. The van der Waals surface area contributed by atoms with Crippen LogP contribution in [0.1, 0.15) is 22.8 Å². The molecule has 1 aromatic carbocycles. The molecule has 0 saturated heterocycles. The average molecular weight is 253 g/mol. The molecule has 2 aromatic rings. The van der Waals surface area contributed by atoms with Gasteiger partial charge >= 0.3 is 0 Å². The molecule has 0 amide bonds. The van der Waals surface area contributed by atoms with Crippen molar-refractivity contribution < 1.29 is 9.53 Å². The molecular weight excluding hydrogens is 238 g/mol. The van der Waals surface area contributed by atoms with Crippen molar-refractivity contribution in [3.63, 3.8) is 0 Å². The van der Waals surface area contributed by atoms with Gasteiger partial charge in [0.15, 0.2) is 5.78 Å². The number of benzene rings is 1. The summed E-state index contributed by atoms with van der Waals surface area (Å²) in [5.74, 6) is 0.551. The number of pyridine rings is 1. The van der Waals surface area contributed by atoms with E-state index >= 15 is 0 Å². The number of aromatic nitrogens is 1. The number of hydrogen-bond acceptors (Lipinski definition) is 3. The molecule has 0 unspecified atom stereocenters. The molecule has 3 heteroatoms. The number of rotatable bonds is 5. The number of hydrogen-bond donors (Lipinski definition) is 0. The summed E-state index contributed by atoms with van der Waals surface area (Å²) in [6.07, 6.45) is 6.70. The summed E-state index contributed by atoms with van der Waals surface area (Å²) >= 11 is 0. The number of ketones is 1. The highest BCUT2D eigenvalue weighted by Gasteiger charge is 2.08. The molecule has 0 N–H and O–H groups in total. The minimum absolute atomic E-state index is 0.0686. The van der Waals surface area contributed by atoms with Crippen molar-refractivity contribution in [2.75, 3.05) is 6.61 Å². The van der Waals surface area contributed by atoms with Crippen LogP contribution in [0, 0.1) is 0 Å². The third-order valence-electron chi connectivity index (χ3n) is 2.59. The molecule has 0 fully saturated rings. The minimum atomic E-state index is -0.0686. The molecule has 0 saturated carbocycles. The van der Waals surface area contributed by atoms with Crippen LogP contribution >= 0.6 is 0 Å². The Morgan fingerprint density at radius 2 is 1.95 bits per heavy atom. The quantitative estimate of drug-likeness (QED) is 0.605. The lowest BCUT2D eigenvalue weighted by molar-refractivity contribution is 0.104. The second-order valence-corrected chi connectivity index (χ2v) is 3.91. The maximum absolute atomic E-state index is 12.1. The molecule has 96 valence electrons. The van der Waals surface area contributed by atoms with Crippen LogP contribution in [0.25, 0.3) is 6.08 Å². The molecule has 2 rings (SSSR count). The molecule has 0 radical (unpaired) electrons. The van der Waals surface area contributed by atoms with Crippen molar-refractivity contribution in [1.82, 2.24) is 4.98 Å². The number of para-hydroxylation sites is 1. The van der Waals surface area contributed by atoms with Crippen molar-refractivity contribution in [2.24, 2.45) is 0 Å². The Bertz CT molecular complexity index is 576. The summed E-state index contributed by atoms with van der Waals surface area (Å²) in [5.41, 5.74) is 1.52. The van der Waals surface area contributed by atoms with Gasteiger partial charge in [0.2, 0.25) is 0 Å². The average Bonchev–Trinajstić information content (AvgIpc) is 2.47. The second kappa shape index (κ2) is 6.50. The predicted octanol–water partition coefficient (Wildman–Crippen LogP) is 3.38. The van der Waals surface area contributed by atoms with Gasteiger partial charge in [0, 0.05) is 12.4 Å². The molecule has 3 nitrogen and oxygen atoms in total. The van der Waals surface area contributed by atoms with Crippen LogP contribution in [0.5, 0.6) is 5.75 Å². The zero-order valence-corrected chi connectivity index (χ0v) is 10.7. The fourth-order valence-corrected chi connectivity index (χ4v) is 1.69.